The quantitative estimate of drug-likeness (QED) is 0.713. The number of amides is 2. The number of carbonyl (C=O) groups excluding carboxylic acids is 2. The summed E-state index contributed by atoms with van der Waals surface area (Å²) >= 11 is 0. The Kier molecular flexibility index (Phi) is 6.65. The van der Waals surface area contributed by atoms with Crippen LogP contribution in [0, 0.1) is 11.8 Å². The predicted octanol–water partition coefficient (Wildman–Crippen LogP) is 1.67. The van der Waals surface area contributed by atoms with Gasteiger partial charge in [0.1, 0.15) is 17.5 Å². The van der Waals surface area contributed by atoms with Crippen molar-refractivity contribution in [2.24, 2.45) is 11.8 Å². The first-order valence-corrected chi connectivity index (χ1v) is 8.81. The van der Waals surface area contributed by atoms with Crippen molar-refractivity contribution in [3.05, 3.63) is 18.2 Å². The number of hydrogen-bond acceptors (Lipinski definition) is 5. The van der Waals surface area contributed by atoms with E-state index in [1.165, 1.54) is 19.1 Å². The number of anilines is 1. The molecule has 0 aliphatic carbocycles. The average molecular weight is 378 g/mol. The molecule has 0 spiro atoms. The number of hydrogen-bond donors (Lipinski definition) is 2. The van der Waals surface area contributed by atoms with Gasteiger partial charge in [-0.05, 0) is 12.3 Å². The van der Waals surface area contributed by atoms with Crippen molar-refractivity contribution < 1.29 is 29.0 Å². The van der Waals surface area contributed by atoms with Gasteiger partial charge in [0.2, 0.25) is 11.8 Å². The molecule has 0 bridgehead atoms. The molecular weight excluding hydrogens is 352 g/mol. The number of carboxylic acid groups (broad SMARTS) is 1. The van der Waals surface area contributed by atoms with E-state index in [1.807, 2.05) is 13.8 Å². The summed E-state index contributed by atoms with van der Waals surface area (Å²) in [6.45, 7) is 3.95. The lowest BCUT2D eigenvalue weighted by Crippen LogP contribution is -2.44. The molecule has 27 heavy (non-hydrogen) atoms. The largest absolute Gasteiger partial charge is 0.497 e. The number of methoxy groups -OCH3 is 2. The molecule has 2 amide bonds. The minimum Gasteiger partial charge on any atom is -0.497 e. The van der Waals surface area contributed by atoms with E-state index in [9.17, 15) is 19.5 Å². The maximum absolute atomic E-state index is 12.5. The first-order valence-electron chi connectivity index (χ1n) is 8.81. The molecule has 1 heterocycles. The highest BCUT2D eigenvalue weighted by Crippen LogP contribution is 2.32. The SMILES string of the molecule is COc1cc(OC)cc(N2CC(C(=O)N[C@H](CC(C)C)C(=O)O)CC2=O)c1. The summed E-state index contributed by atoms with van der Waals surface area (Å²) in [5, 5.41) is 11.9. The third-order valence-corrected chi connectivity index (χ3v) is 4.47. The highest BCUT2D eigenvalue weighted by Gasteiger charge is 2.37. The van der Waals surface area contributed by atoms with E-state index in [4.69, 9.17) is 9.47 Å². The van der Waals surface area contributed by atoms with Crippen molar-refractivity contribution in [1.82, 2.24) is 5.32 Å². The number of aliphatic carboxylic acids is 1. The normalized spacial score (nSPS) is 17.7. The Morgan fingerprint density at radius 2 is 1.81 bits per heavy atom. The summed E-state index contributed by atoms with van der Waals surface area (Å²) in [6.07, 6.45) is 0.359. The summed E-state index contributed by atoms with van der Waals surface area (Å²) in [5.41, 5.74) is 0.573. The van der Waals surface area contributed by atoms with Crippen LogP contribution in [0.2, 0.25) is 0 Å². The Balaban J connectivity index is 2.12. The molecule has 0 radical (unpaired) electrons. The Hall–Kier alpha value is -2.77. The molecule has 8 heteroatoms. The topological polar surface area (TPSA) is 105 Å². The fourth-order valence-corrected chi connectivity index (χ4v) is 3.06. The van der Waals surface area contributed by atoms with Crippen molar-refractivity contribution in [1.29, 1.82) is 0 Å². The highest BCUT2D eigenvalue weighted by molar-refractivity contribution is 6.01. The lowest BCUT2D eigenvalue weighted by molar-refractivity contribution is -0.142. The molecular formula is C19H26N2O6. The van der Waals surface area contributed by atoms with Crippen molar-refractivity contribution in [3.8, 4) is 11.5 Å². The second kappa shape index (κ2) is 8.75. The fourth-order valence-electron chi connectivity index (χ4n) is 3.06. The first-order chi connectivity index (χ1) is 12.7. The predicted molar refractivity (Wildman–Crippen MR) is 99.0 cm³/mol. The molecule has 2 atom stereocenters. The Morgan fingerprint density at radius 3 is 2.30 bits per heavy atom. The molecule has 1 aromatic carbocycles. The van der Waals surface area contributed by atoms with Gasteiger partial charge in [0, 0.05) is 31.2 Å². The molecule has 0 saturated carbocycles. The number of nitrogens with zero attached hydrogens (tertiary/aromatic N) is 1. The standard InChI is InChI=1S/C19H26N2O6/c1-11(2)5-16(19(24)25)20-18(23)12-6-17(22)21(10-12)13-7-14(26-3)9-15(8-13)27-4/h7-9,11-12,16H,5-6,10H2,1-4H3,(H,20,23)(H,24,25)/t12?,16-/m1/s1. The maximum Gasteiger partial charge on any atom is 0.326 e. The average Bonchev–Trinajstić information content (AvgIpc) is 3.02. The summed E-state index contributed by atoms with van der Waals surface area (Å²) in [5.74, 6) is -1.12. The second-order valence-electron chi connectivity index (χ2n) is 7.01. The molecule has 0 aromatic heterocycles. The first kappa shape index (κ1) is 20.5. The Labute approximate surface area is 158 Å². The van der Waals surface area contributed by atoms with Gasteiger partial charge in [-0.1, -0.05) is 13.8 Å². The van der Waals surface area contributed by atoms with Crippen molar-refractivity contribution in [2.75, 3.05) is 25.7 Å². The van der Waals surface area contributed by atoms with Gasteiger partial charge in [-0.25, -0.2) is 4.79 Å². The molecule has 1 aliphatic heterocycles. The van der Waals surface area contributed by atoms with Crippen molar-refractivity contribution >= 4 is 23.5 Å². The molecule has 1 fully saturated rings. The number of rotatable bonds is 8. The highest BCUT2D eigenvalue weighted by atomic mass is 16.5. The Bertz CT molecular complexity index is 696. The van der Waals surface area contributed by atoms with Gasteiger partial charge in [0.15, 0.2) is 0 Å². The zero-order valence-electron chi connectivity index (χ0n) is 16.0. The van der Waals surface area contributed by atoms with Gasteiger partial charge in [-0.15, -0.1) is 0 Å². The van der Waals surface area contributed by atoms with E-state index in [0.29, 0.717) is 23.6 Å². The van der Waals surface area contributed by atoms with Gasteiger partial charge in [-0.3, -0.25) is 9.59 Å². The molecule has 2 rings (SSSR count). The number of ether oxygens (including phenoxy) is 2. The van der Waals surface area contributed by atoms with Crippen LogP contribution < -0.4 is 19.7 Å². The summed E-state index contributed by atoms with van der Waals surface area (Å²) < 4.78 is 10.4. The van der Waals surface area contributed by atoms with E-state index in [1.54, 1.807) is 18.2 Å². The zero-order valence-corrected chi connectivity index (χ0v) is 16.0. The van der Waals surface area contributed by atoms with Crippen molar-refractivity contribution in [3.63, 3.8) is 0 Å². The third kappa shape index (κ3) is 5.12. The monoisotopic (exact) mass is 378 g/mol. The van der Waals surface area contributed by atoms with Gasteiger partial charge in [0.05, 0.1) is 25.8 Å². The van der Waals surface area contributed by atoms with Crippen LogP contribution in [0.5, 0.6) is 11.5 Å². The number of carbonyl (C=O) groups is 3. The molecule has 8 nitrogen and oxygen atoms in total. The van der Waals surface area contributed by atoms with Crippen LogP contribution in [-0.2, 0) is 14.4 Å². The number of carboxylic acids is 1. The summed E-state index contributed by atoms with van der Waals surface area (Å²) in [7, 11) is 3.03. The smallest absolute Gasteiger partial charge is 0.326 e. The van der Waals surface area contributed by atoms with Gasteiger partial charge >= 0.3 is 5.97 Å². The molecule has 2 N–H and O–H groups in total. The van der Waals surface area contributed by atoms with Crippen LogP contribution in [0.3, 0.4) is 0 Å². The van der Waals surface area contributed by atoms with Crippen LogP contribution in [0.15, 0.2) is 18.2 Å². The third-order valence-electron chi connectivity index (χ3n) is 4.47. The summed E-state index contributed by atoms with van der Waals surface area (Å²) in [6, 6.07) is 4.12. The second-order valence-corrected chi connectivity index (χ2v) is 7.01. The van der Waals surface area contributed by atoms with E-state index >= 15 is 0 Å². The van der Waals surface area contributed by atoms with E-state index in [-0.39, 0.29) is 24.8 Å². The summed E-state index contributed by atoms with van der Waals surface area (Å²) in [4.78, 5) is 37.8. The van der Waals surface area contributed by atoms with Gasteiger partial charge in [0.25, 0.3) is 0 Å². The lowest BCUT2D eigenvalue weighted by Gasteiger charge is -2.20. The lowest BCUT2D eigenvalue weighted by atomic mass is 10.0. The van der Waals surface area contributed by atoms with E-state index in [2.05, 4.69) is 5.32 Å². The minimum atomic E-state index is -1.07. The van der Waals surface area contributed by atoms with E-state index in [0.717, 1.165) is 0 Å². The van der Waals surface area contributed by atoms with Crippen LogP contribution in [-0.4, -0.2) is 49.7 Å². The van der Waals surface area contributed by atoms with Crippen molar-refractivity contribution in [2.45, 2.75) is 32.7 Å². The molecule has 1 saturated heterocycles. The van der Waals surface area contributed by atoms with Gasteiger partial charge in [-0.2, -0.15) is 0 Å². The van der Waals surface area contributed by atoms with Gasteiger partial charge < -0.3 is 24.8 Å². The molecule has 1 aromatic rings. The molecule has 148 valence electrons. The molecule has 1 unspecified atom stereocenters. The fraction of sp³-hybridized carbons (Fsp3) is 0.526. The maximum atomic E-state index is 12.5. The van der Waals surface area contributed by atoms with Crippen LogP contribution in [0.25, 0.3) is 0 Å². The molecule has 1 aliphatic rings. The van der Waals surface area contributed by atoms with Crippen LogP contribution in [0.1, 0.15) is 26.7 Å². The minimum absolute atomic E-state index is 0.0272. The van der Waals surface area contributed by atoms with Crippen LogP contribution >= 0.6 is 0 Å². The van der Waals surface area contributed by atoms with E-state index < -0.39 is 23.8 Å². The van der Waals surface area contributed by atoms with Crippen LogP contribution in [0.4, 0.5) is 5.69 Å². The zero-order chi connectivity index (χ0) is 20.1. The number of nitrogens with one attached hydrogen (secondary N) is 1. The Morgan fingerprint density at radius 1 is 1.22 bits per heavy atom. The number of benzene rings is 1.